The van der Waals surface area contributed by atoms with Gasteiger partial charge >= 0.3 is 5.97 Å². The molecule has 3 nitrogen and oxygen atoms in total. The van der Waals surface area contributed by atoms with Gasteiger partial charge in [-0.2, -0.15) is 0 Å². The van der Waals surface area contributed by atoms with Crippen LogP contribution in [0.3, 0.4) is 0 Å². The molecule has 0 heterocycles. The SMILES string of the molecule is CC(=O)O[C@]1(O)CCCC[C@H]1Br. The van der Waals surface area contributed by atoms with Gasteiger partial charge < -0.3 is 9.84 Å². The number of hydrogen-bond acceptors (Lipinski definition) is 3. The Labute approximate surface area is 80.2 Å². The van der Waals surface area contributed by atoms with Crippen molar-refractivity contribution in [3.8, 4) is 0 Å². The first-order valence-corrected chi connectivity index (χ1v) is 5.02. The zero-order chi connectivity index (χ0) is 9.19. The average Bonchev–Trinajstić information content (AvgIpc) is 1.94. The lowest BCUT2D eigenvalue weighted by Gasteiger charge is -2.35. The number of carbonyl (C=O) groups is 1. The van der Waals surface area contributed by atoms with E-state index in [4.69, 9.17) is 4.74 Å². The monoisotopic (exact) mass is 236 g/mol. The average molecular weight is 237 g/mol. The fourth-order valence-corrected chi connectivity index (χ4v) is 2.09. The van der Waals surface area contributed by atoms with Crippen LogP contribution in [0.4, 0.5) is 0 Å². The number of halogens is 1. The topological polar surface area (TPSA) is 46.5 Å². The molecule has 0 amide bonds. The van der Waals surface area contributed by atoms with Crippen LogP contribution in [0.15, 0.2) is 0 Å². The van der Waals surface area contributed by atoms with Crippen molar-refractivity contribution < 1.29 is 14.6 Å². The van der Waals surface area contributed by atoms with Gasteiger partial charge in [-0.25, -0.2) is 0 Å². The molecule has 0 aromatic carbocycles. The normalized spacial score (nSPS) is 36.1. The summed E-state index contributed by atoms with van der Waals surface area (Å²) in [7, 11) is 0. The lowest BCUT2D eigenvalue weighted by atomic mass is 9.94. The van der Waals surface area contributed by atoms with E-state index >= 15 is 0 Å². The van der Waals surface area contributed by atoms with Crippen LogP contribution in [0.5, 0.6) is 0 Å². The highest BCUT2D eigenvalue weighted by molar-refractivity contribution is 9.09. The van der Waals surface area contributed by atoms with Gasteiger partial charge in [-0.15, -0.1) is 0 Å². The summed E-state index contributed by atoms with van der Waals surface area (Å²) in [6.45, 7) is 1.31. The standard InChI is InChI=1S/C8H13BrO3/c1-6(10)12-8(11)5-3-2-4-7(8)9/h7,11H,2-5H2,1H3/t7-,8-/m1/s1. The van der Waals surface area contributed by atoms with Gasteiger partial charge in [0.05, 0.1) is 4.83 Å². The summed E-state index contributed by atoms with van der Waals surface area (Å²) < 4.78 is 4.86. The van der Waals surface area contributed by atoms with Crippen LogP contribution in [0.2, 0.25) is 0 Å². The Kier molecular flexibility index (Phi) is 3.12. The zero-order valence-electron chi connectivity index (χ0n) is 7.05. The lowest BCUT2D eigenvalue weighted by molar-refractivity contribution is -0.214. The molecule has 1 fully saturated rings. The molecule has 1 aliphatic carbocycles. The molecule has 1 N–H and O–H groups in total. The van der Waals surface area contributed by atoms with E-state index in [1.54, 1.807) is 0 Å². The highest BCUT2D eigenvalue weighted by atomic mass is 79.9. The van der Waals surface area contributed by atoms with E-state index in [2.05, 4.69) is 15.9 Å². The summed E-state index contributed by atoms with van der Waals surface area (Å²) in [6, 6.07) is 0. The molecule has 2 atom stereocenters. The lowest BCUT2D eigenvalue weighted by Crippen LogP contribution is -2.45. The van der Waals surface area contributed by atoms with E-state index in [-0.39, 0.29) is 4.83 Å². The first-order valence-electron chi connectivity index (χ1n) is 4.10. The van der Waals surface area contributed by atoms with Crippen LogP contribution in [0, 0.1) is 0 Å². The molecule has 0 aromatic heterocycles. The molecule has 0 aliphatic heterocycles. The van der Waals surface area contributed by atoms with Crippen molar-refractivity contribution in [2.75, 3.05) is 0 Å². The third kappa shape index (κ3) is 2.20. The first kappa shape index (κ1) is 9.99. The van der Waals surface area contributed by atoms with Crippen LogP contribution < -0.4 is 0 Å². The first-order chi connectivity index (χ1) is 5.54. The molecule has 12 heavy (non-hydrogen) atoms. The van der Waals surface area contributed by atoms with Crippen molar-refractivity contribution in [1.82, 2.24) is 0 Å². The second-order valence-corrected chi connectivity index (χ2v) is 4.26. The number of alkyl halides is 1. The predicted octanol–water partition coefficient (Wildman–Crippen LogP) is 1.58. The fourth-order valence-electron chi connectivity index (χ4n) is 1.45. The van der Waals surface area contributed by atoms with Crippen molar-refractivity contribution in [3.63, 3.8) is 0 Å². The van der Waals surface area contributed by atoms with Crippen LogP contribution in [0.1, 0.15) is 32.6 Å². The van der Waals surface area contributed by atoms with Crippen molar-refractivity contribution in [3.05, 3.63) is 0 Å². The van der Waals surface area contributed by atoms with Gasteiger partial charge in [0.15, 0.2) is 0 Å². The predicted molar refractivity (Wildman–Crippen MR) is 47.9 cm³/mol. The van der Waals surface area contributed by atoms with Crippen molar-refractivity contribution >= 4 is 21.9 Å². The molecule has 0 radical (unpaired) electrons. The maximum Gasteiger partial charge on any atom is 0.305 e. The largest absolute Gasteiger partial charge is 0.432 e. The summed E-state index contributed by atoms with van der Waals surface area (Å²) in [4.78, 5) is 10.5. The molecule has 0 unspecified atom stereocenters. The van der Waals surface area contributed by atoms with Crippen LogP contribution >= 0.6 is 15.9 Å². The Hall–Kier alpha value is -0.0900. The third-order valence-corrected chi connectivity index (χ3v) is 3.23. The molecule has 4 heteroatoms. The third-order valence-electron chi connectivity index (χ3n) is 2.05. The highest BCUT2D eigenvalue weighted by Crippen LogP contribution is 2.34. The minimum atomic E-state index is -1.27. The number of rotatable bonds is 1. The maximum absolute atomic E-state index is 10.7. The van der Waals surface area contributed by atoms with E-state index in [9.17, 15) is 9.90 Å². The molecule has 0 aromatic rings. The molecular formula is C8H13BrO3. The van der Waals surface area contributed by atoms with Crippen molar-refractivity contribution in [2.45, 2.75) is 43.2 Å². The Balaban J connectivity index is 2.59. The van der Waals surface area contributed by atoms with Gasteiger partial charge in [-0.3, -0.25) is 4.79 Å². The van der Waals surface area contributed by atoms with Gasteiger partial charge in [0.25, 0.3) is 0 Å². The van der Waals surface area contributed by atoms with E-state index < -0.39 is 11.8 Å². The minimum absolute atomic E-state index is 0.123. The molecule has 1 rings (SSSR count). The van der Waals surface area contributed by atoms with Crippen LogP contribution in [-0.2, 0) is 9.53 Å². The molecule has 1 saturated carbocycles. The van der Waals surface area contributed by atoms with Gasteiger partial charge in [0.1, 0.15) is 0 Å². The zero-order valence-corrected chi connectivity index (χ0v) is 8.63. The molecule has 70 valence electrons. The molecular weight excluding hydrogens is 224 g/mol. The summed E-state index contributed by atoms with van der Waals surface area (Å²) in [6.07, 6.45) is 3.36. The summed E-state index contributed by atoms with van der Waals surface area (Å²) in [5, 5.41) is 9.82. The van der Waals surface area contributed by atoms with Crippen LogP contribution in [-0.4, -0.2) is 21.7 Å². The van der Waals surface area contributed by atoms with Gasteiger partial charge in [-0.1, -0.05) is 22.4 Å². The number of aliphatic hydroxyl groups is 1. The molecule has 0 bridgehead atoms. The maximum atomic E-state index is 10.7. The Morgan fingerprint density at radius 2 is 2.33 bits per heavy atom. The van der Waals surface area contributed by atoms with E-state index in [0.29, 0.717) is 6.42 Å². The second-order valence-electron chi connectivity index (χ2n) is 3.15. The van der Waals surface area contributed by atoms with Crippen LogP contribution in [0.25, 0.3) is 0 Å². The Morgan fingerprint density at radius 1 is 1.67 bits per heavy atom. The van der Waals surface area contributed by atoms with Crippen molar-refractivity contribution in [2.24, 2.45) is 0 Å². The number of ether oxygens (including phenoxy) is 1. The van der Waals surface area contributed by atoms with Gasteiger partial charge in [-0.05, 0) is 12.8 Å². The summed E-state index contributed by atoms with van der Waals surface area (Å²) in [5.74, 6) is -1.70. The molecule has 1 aliphatic rings. The second kappa shape index (κ2) is 3.75. The molecule has 0 saturated heterocycles. The van der Waals surface area contributed by atoms with E-state index in [1.807, 2.05) is 0 Å². The fraction of sp³-hybridized carbons (Fsp3) is 0.875. The molecule has 0 spiro atoms. The number of carbonyl (C=O) groups excluding carboxylic acids is 1. The van der Waals surface area contributed by atoms with Gasteiger partial charge in [0, 0.05) is 13.3 Å². The number of esters is 1. The minimum Gasteiger partial charge on any atom is -0.432 e. The summed E-state index contributed by atoms with van der Waals surface area (Å²) in [5.41, 5.74) is 0. The van der Waals surface area contributed by atoms with Gasteiger partial charge in [0.2, 0.25) is 5.79 Å². The van der Waals surface area contributed by atoms with E-state index in [1.165, 1.54) is 6.92 Å². The van der Waals surface area contributed by atoms with Crippen molar-refractivity contribution in [1.29, 1.82) is 0 Å². The number of hydrogen-bond donors (Lipinski definition) is 1. The summed E-state index contributed by atoms with van der Waals surface area (Å²) >= 11 is 3.31. The Bertz CT molecular complexity index is 183. The Morgan fingerprint density at radius 3 is 2.83 bits per heavy atom. The highest BCUT2D eigenvalue weighted by Gasteiger charge is 2.40. The smallest absolute Gasteiger partial charge is 0.305 e. The quantitative estimate of drug-likeness (QED) is 0.427. The van der Waals surface area contributed by atoms with E-state index in [0.717, 1.165) is 19.3 Å².